The van der Waals surface area contributed by atoms with E-state index in [1.807, 2.05) is 0 Å². The second-order valence-corrected chi connectivity index (χ2v) is 4.08. The van der Waals surface area contributed by atoms with Gasteiger partial charge in [-0.1, -0.05) is 29.3 Å². The van der Waals surface area contributed by atoms with Crippen LogP contribution in [0.15, 0.2) is 0 Å². The van der Waals surface area contributed by atoms with Crippen LogP contribution in [0.5, 0.6) is 0 Å². The van der Waals surface area contributed by atoms with Gasteiger partial charge in [-0.3, -0.25) is 0 Å². The summed E-state index contributed by atoms with van der Waals surface area (Å²) in [6.45, 7) is 6.26. The molecule has 0 amide bonds. The molecule has 66 valence electrons. The van der Waals surface area contributed by atoms with E-state index in [4.69, 9.17) is 0 Å². The van der Waals surface area contributed by atoms with Crippen molar-refractivity contribution >= 4 is 15.9 Å². The van der Waals surface area contributed by atoms with Crippen molar-refractivity contribution in [3.63, 3.8) is 0 Å². The van der Waals surface area contributed by atoms with Crippen LogP contribution in [-0.2, 0) is 0 Å². The second kappa shape index (κ2) is 5.15. The number of hydrogen-bond acceptors (Lipinski definition) is 1. The molecule has 0 aromatic heterocycles. The minimum atomic E-state index is 0.869. The van der Waals surface area contributed by atoms with Gasteiger partial charge >= 0.3 is 0 Å². The maximum atomic E-state index is 3.56. The van der Waals surface area contributed by atoms with E-state index in [2.05, 4.69) is 27.8 Å². The molecule has 1 unspecified atom stereocenters. The SMILES string of the molecule is CCC(CBr)CN1CCCC1. The topological polar surface area (TPSA) is 3.24 Å². The lowest BCUT2D eigenvalue weighted by atomic mass is 10.1. The van der Waals surface area contributed by atoms with Gasteiger partial charge in [-0.2, -0.15) is 0 Å². The minimum Gasteiger partial charge on any atom is -0.303 e. The van der Waals surface area contributed by atoms with E-state index in [1.165, 1.54) is 44.2 Å². The third kappa shape index (κ3) is 3.12. The molecule has 0 aromatic carbocycles. The quantitative estimate of drug-likeness (QED) is 0.658. The molecule has 0 aromatic rings. The summed E-state index contributed by atoms with van der Waals surface area (Å²) >= 11 is 3.56. The monoisotopic (exact) mass is 219 g/mol. The molecule has 0 saturated carbocycles. The first-order valence-corrected chi connectivity index (χ1v) is 5.77. The molecule has 1 fully saturated rings. The van der Waals surface area contributed by atoms with Gasteiger partial charge in [-0.25, -0.2) is 0 Å². The summed E-state index contributed by atoms with van der Waals surface area (Å²) in [6.07, 6.45) is 4.14. The molecule has 1 nitrogen and oxygen atoms in total. The zero-order valence-electron chi connectivity index (χ0n) is 7.35. The van der Waals surface area contributed by atoms with Gasteiger partial charge in [-0.05, 0) is 31.8 Å². The molecule has 1 aliphatic rings. The Bertz CT molecular complexity index is 95.7. The van der Waals surface area contributed by atoms with Crippen LogP contribution in [0.1, 0.15) is 26.2 Å². The standard InChI is InChI=1S/C9H18BrN/c1-2-9(7-10)8-11-5-3-4-6-11/h9H,2-8H2,1H3. The average molecular weight is 220 g/mol. The lowest BCUT2D eigenvalue weighted by Crippen LogP contribution is -2.27. The van der Waals surface area contributed by atoms with E-state index in [1.54, 1.807) is 0 Å². The summed E-state index contributed by atoms with van der Waals surface area (Å²) in [6, 6.07) is 0. The lowest BCUT2D eigenvalue weighted by Gasteiger charge is -2.20. The fourth-order valence-corrected chi connectivity index (χ4v) is 2.28. The predicted molar refractivity (Wildman–Crippen MR) is 53.2 cm³/mol. The van der Waals surface area contributed by atoms with Gasteiger partial charge in [0.15, 0.2) is 0 Å². The fourth-order valence-electron chi connectivity index (χ4n) is 1.62. The first-order chi connectivity index (χ1) is 5.36. The molecule has 1 aliphatic heterocycles. The minimum absolute atomic E-state index is 0.869. The molecular formula is C9H18BrN. The van der Waals surface area contributed by atoms with Gasteiger partial charge < -0.3 is 4.90 Å². The van der Waals surface area contributed by atoms with Gasteiger partial charge in [-0.15, -0.1) is 0 Å². The van der Waals surface area contributed by atoms with Crippen molar-refractivity contribution in [2.45, 2.75) is 26.2 Å². The van der Waals surface area contributed by atoms with Crippen LogP contribution in [0, 0.1) is 5.92 Å². The summed E-state index contributed by atoms with van der Waals surface area (Å²) < 4.78 is 0. The number of halogens is 1. The van der Waals surface area contributed by atoms with Crippen LogP contribution in [0.4, 0.5) is 0 Å². The molecule has 0 N–H and O–H groups in total. The molecule has 11 heavy (non-hydrogen) atoms. The zero-order chi connectivity index (χ0) is 8.10. The molecule has 1 rings (SSSR count). The molecule has 2 heteroatoms. The van der Waals surface area contributed by atoms with Crippen molar-refractivity contribution in [1.82, 2.24) is 4.90 Å². The highest BCUT2D eigenvalue weighted by molar-refractivity contribution is 9.09. The van der Waals surface area contributed by atoms with Crippen molar-refractivity contribution in [1.29, 1.82) is 0 Å². The van der Waals surface area contributed by atoms with Crippen molar-refractivity contribution in [2.75, 3.05) is 25.0 Å². The van der Waals surface area contributed by atoms with E-state index in [0.29, 0.717) is 0 Å². The molecule has 1 atom stereocenters. The summed E-state index contributed by atoms with van der Waals surface area (Å²) in [5.74, 6) is 0.869. The average Bonchev–Trinajstić information content (AvgIpc) is 2.52. The Morgan fingerprint density at radius 2 is 2.00 bits per heavy atom. The highest BCUT2D eigenvalue weighted by atomic mass is 79.9. The molecule has 0 aliphatic carbocycles. The van der Waals surface area contributed by atoms with Crippen molar-refractivity contribution < 1.29 is 0 Å². The maximum absolute atomic E-state index is 3.56. The van der Waals surface area contributed by atoms with Crippen LogP contribution >= 0.6 is 15.9 Å². The molecule has 1 saturated heterocycles. The first-order valence-electron chi connectivity index (χ1n) is 4.65. The number of nitrogens with zero attached hydrogens (tertiary/aromatic N) is 1. The van der Waals surface area contributed by atoms with E-state index in [0.717, 1.165) is 5.92 Å². The Morgan fingerprint density at radius 3 is 2.45 bits per heavy atom. The Hall–Kier alpha value is 0.440. The number of rotatable bonds is 4. The van der Waals surface area contributed by atoms with E-state index in [9.17, 15) is 0 Å². The lowest BCUT2D eigenvalue weighted by molar-refractivity contribution is 0.287. The third-order valence-electron chi connectivity index (χ3n) is 2.51. The van der Waals surface area contributed by atoms with Crippen LogP contribution < -0.4 is 0 Å². The van der Waals surface area contributed by atoms with Gasteiger partial charge in [0.2, 0.25) is 0 Å². The highest BCUT2D eigenvalue weighted by Crippen LogP contribution is 2.13. The van der Waals surface area contributed by atoms with Crippen LogP contribution in [-0.4, -0.2) is 29.9 Å². The van der Waals surface area contributed by atoms with Gasteiger partial charge in [0.1, 0.15) is 0 Å². The zero-order valence-corrected chi connectivity index (χ0v) is 8.94. The molecular weight excluding hydrogens is 202 g/mol. The third-order valence-corrected chi connectivity index (χ3v) is 3.43. The van der Waals surface area contributed by atoms with Crippen molar-refractivity contribution in [2.24, 2.45) is 5.92 Å². The highest BCUT2D eigenvalue weighted by Gasteiger charge is 2.14. The summed E-state index contributed by atoms with van der Waals surface area (Å²) in [7, 11) is 0. The van der Waals surface area contributed by atoms with Crippen molar-refractivity contribution in [3.05, 3.63) is 0 Å². The Kier molecular flexibility index (Phi) is 4.46. The smallest absolute Gasteiger partial charge is 0.00717 e. The predicted octanol–water partition coefficient (Wildman–Crippen LogP) is 2.50. The van der Waals surface area contributed by atoms with Gasteiger partial charge in [0.05, 0.1) is 0 Å². The van der Waals surface area contributed by atoms with E-state index in [-0.39, 0.29) is 0 Å². The van der Waals surface area contributed by atoms with E-state index >= 15 is 0 Å². The Balaban J connectivity index is 2.16. The largest absolute Gasteiger partial charge is 0.303 e. The first kappa shape index (κ1) is 9.53. The summed E-state index contributed by atoms with van der Waals surface area (Å²) in [5.41, 5.74) is 0. The Morgan fingerprint density at radius 1 is 1.36 bits per heavy atom. The molecule has 0 spiro atoms. The van der Waals surface area contributed by atoms with E-state index < -0.39 is 0 Å². The van der Waals surface area contributed by atoms with Crippen LogP contribution in [0.2, 0.25) is 0 Å². The van der Waals surface area contributed by atoms with Crippen molar-refractivity contribution in [3.8, 4) is 0 Å². The summed E-state index contributed by atoms with van der Waals surface area (Å²) in [5, 5.41) is 1.17. The Labute approximate surface area is 78.3 Å². The van der Waals surface area contributed by atoms with Crippen LogP contribution in [0.25, 0.3) is 0 Å². The number of likely N-dealkylation sites (tertiary alicyclic amines) is 1. The normalized spacial score (nSPS) is 22.4. The summed E-state index contributed by atoms with van der Waals surface area (Å²) in [4.78, 5) is 2.59. The number of hydrogen-bond donors (Lipinski definition) is 0. The number of alkyl halides is 1. The fraction of sp³-hybridized carbons (Fsp3) is 1.00. The molecule has 1 heterocycles. The van der Waals surface area contributed by atoms with Gasteiger partial charge in [0.25, 0.3) is 0 Å². The van der Waals surface area contributed by atoms with Crippen LogP contribution in [0.3, 0.4) is 0 Å². The van der Waals surface area contributed by atoms with Gasteiger partial charge in [0, 0.05) is 11.9 Å². The molecule has 0 radical (unpaired) electrons. The maximum Gasteiger partial charge on any atom is 0.00717 e. The molecule has 0 bridgehead atoms. The second-order valence-electron chi connectivity index (χ2n) is 3.44.